The second kappa shape index (κ2) is 6.30. The summed E-state index contributed by atoms with van der Waals surface area (Å²) in [5.74, 6) is -23.5. The van der Waals surface area contributed by atoms with Gasteiger partial charge in [-0.1, -0.05) is 19.8 Å². The number of rotatable bonds is 7. The minimum Gasteiger partial charge on any atom is -0.461 e. The van der Waals surface area contributed by atoms with E-state index in [2.05, 4.69) is 4.74 Å². The van der Waals surface area contributed by atoms with E-state index in [9.17, 15) is 44.3 Å². The molecule has 0 aromatic carbocycles. The second-order valence-corrected chi connectivity index (χ2v) is 4.06. The zero-order chi connectivity index (χ0) is 17.1. The molecule has 0 spiro atoms. The molecule has 0 aliphatic carbocycles. The summed E-state index contributed by atoms with van der Waals surface area (Å²) in [4.78, 5) is 10.7. The van der Waals surface area contributed by atoms with E-state index in [0.717, 1.165) is 0 Å². The average molecular weight is 334 g/mol. The number of halogens is 9. The van der Waals surface area contributed by atoms with Gasteiger partial charge in [0, 0.05) is 0 Å². The number of ether oxygens (including phenoxy) is 1. The maximum atomic E-state index is 12.9. The van der Waals surface area contributed by atoms with Gasteiger partial charge in [0.1, 0.15) is 0 Å². The summed E-state index contributed by atoms with van der Waals surface area (Å²) in [6.45, 7) is 0.865. The third-order valence-corrected chi connectivity index (χ3v) is 2.38. The average Bonchev–Trinajstić information content (AvgIpc) is 2.32. The Morgan fingerprint density at radius 3 is 1.71 bits per heavy atom. The van der Waals surface area contributed by atoms with Crippen LogP contribution in [-0.4, -0.2) is 36.5 Å². The van der Waals surface area contributed by atoms with Crippen molar-refractivity contribution in [2.24, 2.45) is 0 Å². The highest BCUT2D eigenvalue weighted by Gasteiger charge is 2.84. The lowest BCUT2D eigenvalue weighted by Gasteiger charge is -2.32. The monoisotopic (exact) mass is 334 g/mol. The van der Waals surface area contributed by atoms with Crippen molar-refractivity contribution in [3.8, 4) is 0 Å². The Labute approximate surface area is 113 Å². The van der Waals surface area contributed by atoms with Crippen LogP contribution in [0, 0.1) is 0 Å². The molecule has 0 saturated heterocycles. The first-order valence-electron chi connectivity index (χ1n) is 5.60. The van der Waals surface area contributed by atoms with Crippen LogP contribution in [0.3, 0.4) is 0 Å². The van der Waals surface area contributed by atoms with Crippen molar-refractivity contribution in [1.82, 2.24) is 0 Å². The molecule has 0 saturated carbocycles. The summed E-state index contributed by atoms with van der Waals surface area (Å²) < 4.78 is 115. The minimum absolute atomic E-state index is 0.0282. The Kier molecular flexibility index (Phi) is 5.96. The predicted molar refractivity (Wildman–Crippen MR) is 51.4 cm³/mol. The normalized spacial score (nSPS) is 14.2. The lowest BCUT2D eigenvalue weighted by Crippen LogP contribution is -2.63. The van der Waals surface area contributed by atoms with Crippen molar-refractivity contribution in [1.29, 1.82) is 0 Å². The van der Waals surface area contributed by atoms with E-state index in [1.807, 2.05) is 0 Å². The van der Waals surface area contributed by atoms with Crippen LogP contribution < -0.4 is 0 Å². The molecular weight excluding hydrogens is 323 g/mol. The molecule has 0 aliphatic heterocycles. The number of carbonyl (C=O) groups is 1. The van der Waals surface area contributed by atoms with Crippen LogP contribution in [0.25, 0.3) is 0 Å². The van der Waals surface area contributed by atoms with Crippen molar-refractivity contribution >= 4 is 5.97 Å². The fraction of sp³-hybridized carbons (Fsp3) is 0.900. The Morgan fingerprint density at radius 1 is 0.857 bits per heavy atom. The number of hydrogen-bond donors (Lipinski definition) is 0. The lowest BCUT2D eigenvalue weighted by molar-refractivity contribution is -0.390. The van der Waals surface area contributed by atoms with Gasteiger partial charge in [0.15, 0.2) is 0 Å². The molecule has 0 radical (unpaired) electrons. The molecule has 0 rings (SSSR count). The zero-order valence-corrected chi connectivity index (χ0v) is 10.5. The van der Waals surface area contributed by atoms with Gasteiger partial charge in [0.2, 0.25) is 0 Å². The van der Waals surface area contributed by atoms with Crippen molar-refractivity contribution in [3.63, 3.8) is 0 Å². The predicted octanol–water partition coefficient (Wildman–Crippen LogP) is 4.19. The quantitative estimate of drug-likeness (QED) is 0.396. The first-order valence-corrected chi connectivity index (χ1v) is 5.60. The SMILES string of the molecule is CCCCCOC(=O)C(F)(F)C(F)(F)C(F)(F)C(F)(F)F. The first-order chi connectivity index (χ1) is 9.23. The number of hydrogen-bond acceptors (Lipinski definition) is 2. The molecule has 0 aliphatic rings. The van der Waals surface area contributed by atoms with Crippen LogP contribution >= 0.6 is 0 Å². The molecule has 0 unspecified atom stereocenters. The number of unbranched alkanes of at least 4 members (excludes halogenated alkanes) is 2. The third-order valence-electron chi connectivity index (χ3n) is 2.38. The fourth-order valence-electron chi connectivity index (χ4n) is 1.11. The molecule has 0 heterocycles. The standard InChI is InChI=1S/C10H11F9O2/c1-2-3-4-5-21-6(20)7(11,12)8(13,14)9(15,16)10(17,18)19/h2-5H2,1H3. The van der Waals surface area contributed by atoms with Crippen LogP contribution in [0.5, 0.6) is 0 Å². The minimum atomic E-state index is -7.09. The Bertz CT molecular complexity index is 362. The molecular formula is C10H11F9O2. The molecule has 0 amide bonds. The molecule has 2 nitrogen and oxygen atoms in total. The van der Waals surface area contributed by atoms with E-state index >= 15 is 0 Å². The Balaban J connectivity index is 5.15. The molecule has 126 valence electrons. The van der Waals surface area contributed by atoms with Crippen LogP contribution in [0.4, 0.5) is 39.5 Å². The van der Waals surface area contributed by atoms with E-state index in [-0.39, 0.29) is 6.42 Å². The highest BCUT2D eigenvalue weighted by Crippen LogP contribution is 2.53. The number of alkyl halides is 9. The van der Waals surface area contributed by atoms with Crippen molar-refractivity contribution in [2.75, 3.05) is 6.61 Å². The molecule has 21 heavy (non-hydrogen) atoms. The third kappa shape index (κ3) is 3.73. The summed E-state index contributed by atoms with van der Waals surface area (Å²) in [6.07, 6.45) is -6.09. The van der Waals surface area contributed by atoms with Gasteiger partial charge in [0.25, 0.3) is 0 Å². The Morgan fingerprint density at radius 2 is 1.33 bits per heavy atom. The summed E-state index contributed by atoms with van der Waals surface area (Å²) in [6, 6.07) is 0. The topological polar surface area (TPSA) is 26.3 Å². The van der Waals surface area contributed by atoms with Crippen LogP contribution in [-0.2, 0) is 9.53 Å². The molecule has 0 atom stereocenters. The fourth-order valence-corrected chi connectivity index (χ4v) is 1.11. The van der Waals surface area contributed by atoms with Gasteiger partial charge >= 0.3 is 29.9 Å². The lowest BCUT2D eigenvalue weighted by atomic mass is 10.0. The van der Waals surface area contributed by atoms with E-state index in [4.69, 9.17) is 0 Å². The van der Waals surface area contributed by atoms with Crippen LogP contribution in [0.1, 0.15) is 26.2 Å². The molecule has 0 aromatic heterocycles. The van der Waals surface area contributed by atoms with Gasteiger partial charge in [-0.2, -0.15) is 39.5 Å². The number of esters is 1. The van der Waals surface area contributed by atoms with Gasteiger partial charge in [-0.05, 0) is 6.42 Å². The summed E-state index contributed by atoms with van der Waals surface area (Å²) >= 11 is 0. The zero-order valence-electron chi connectivity index (χ0n) is 10.5. The van der Waals surface area contributed by atoms with Gasteiger partial charge < -0.3 is 4.74 Å². The van der Waals surface area contributed by atoms with Gasteiger partial charge in [-0.15, -0.1) is 0 Å². The summed E-state index contributed by atoms with van der Waals surface area (Å²) in [5, 5.41) is 0. The van der Waals surface area contributed by atoms with Gasteiger partial charge in [-0.25, -0.2) is 4.79 Å². The van der Waals surface area contributed by atoms with Crippen LogP contribution in [0.15, 0.2) is 0 Å². The Hall–Kier alpha value is -1.16. The van der Waals surface area contributed by atoms with Crippen molar-refractivity contribution in [3.05, 3.63) is 0 Å². The van der Waals surface area contributed by atoms with Gasteiger partial charge in [-0.3, -0.25) is 0 Å². The van der Waals surface area contributed by atoms with E-state index in [0.29, 0.717) is 12.8 Å². The number of carbonyl (C=O) groups excluding carboxylic acids is 1. The second-order valence-electron chi connectivity index (χ2n) is 4.06. The maximum absolute atomic E-state index is 12.9. The summed E-state index contributed by atoms with van der Waals surface area (Å²) in [5.41, 5.74) is 0. The highest BCUT2D eigenvalue weighted by atomic mass is 19.4. The first kappa shape index (κ1) is 19.8. The van der Waals surface area contributed by atoms with Gasteiger partial charge in [0.05, 0.1) is 6.61 Å². The molecule has 0 fully saturated rings. The van der Waals surface area contributed by atoms with E-state index in [1.54, 1.807) is 6.92 Å². The molecule has 0 aromatic rings. The largest absolute Gasteiger partial charge is 0.461 e. The van der Waals surface area contributed by atoms with Crippen molar-refractivity contribution < 1.29 is 49.0 Å². The van der Waals surface area contributed by atoms with Crippen molar-refractivity contribution in [2.45, 2.75) is 50.1 Å². The smallest absolute Gasteiger partial charge is 0.460 e. The molecule has 0 bridgehead atoms. The summed E-state index contributed by atoms with van der Waals surface area (Å²) in [7, 11) is 0. The van der Waals surface area contributed by atoms with E-state index < -0.39 is 36.5 Å². The van der Waals surface area contributed by atoms with E-state index in [1.165, 1.54) is 0 Å². The molecule has 11 heteroatoms. The molecule has 0 N–H and O–H groups in total. The highest BCUT2D eigenvalue weighted by molar-refractivity contribution is 5.79. The maximum Gasteiger partial charge on any atom is 0.460 e. The van der Waals surface area contributed by atoms with Crippen LogP contribution in [0.2, 0.25) is 0 Å².